The van der Waals surface area contributed by atoms with Gasteiger partial charge in [-0.15, -0.1) is 0 Å². The van der Waals surface area contributed by atoms with Crippen molar-refractivity contribution < 1.29 is 4.79 Å². The topological polar surface area (TPSA) is 119 Å². The molecule has 5 aromatic rings. The van der Waals surface area contributed by atoms with Gasteiger partial charge in [-0.2, -0.15) is 0 Å². The van der Waals surface area contributed by atoms with E-state index in [1.165, 1.54) is 12.1 Å². The van der Waals surface area contributed by atoms with Crippen molar-refractivity contribution in [2.75, 3.05) is 30.3 Å². The molecule has 0 unspecified atom stereocenters. The molecule has 3 aliphatic rings. The summed E-state index contributed by atoms with van der Waals surface area (Å²) in [6, 6.07) is 25.7. The molecule has 1 atom stereocenters. The van der Waals surface area contributed by atoms with Crippen LogP contribution in [0.1, 0.15) is 57.4 Å². The van der Waals surface area contributed by atoms with Crippen LogP contribution < -0.4 is 16.4 Å². The minimum absolute atomic E-state index is 0.109. The van der Waals surface area contributed by atoms with Crippen LogP contribution in [0.25, 0.3) is 39.5 Å². The van der Waals surface area contributed by atoms with Crippen molar-refractivity contribution in [3.8, 4) is 28.3 Å². The fourth-order valence-corrected chi connectivity index (χ4v) is 7.92. The molecular formula is C38H42N8O. The summed E-state index contributed by atoms with van der Waals surface area (Å²) in [4.78, 5) is 31.8. The first-order valence-corrected chi connectivity index (χ1v) is 17.0. The Bertz CT molecular complexity index is 1940. The Balaban J connectivity index is 1.12. The van der Waals surface area contributed by atoms with E-state index in [0.717, 1.165) is 97.4 Å². The molecule has 47 heavy (non-hydrogen) atoms. The van der Waals surface area contributed by atoms with Gasteiger partial charge in [-0.25, -0.2) is 15.0 Å². The van der Waals surface area contributed by atoms with Crippen LogP contribution in [-0.4, -0.2) is 61.9 Å². The highest BCUT2D eigenvalue weighted by Gasteiger charge is 2.36. The number of pyridine rings is 2. The highest BCUT2D eigenvalue weighted by molar-refractivity contribution is 5.85. The van der Waals surface area contributed by atoms with Crippen molar-refractivity contribution >= 4 is 28.5 Å². The Hall–Kier alpha value is -4.60. The predicted octanol–water partition coefficient (Wildman–Crippen LogP) is 6.09. The molecule has 2 aromatic carbocycles. The zero-order chi connectivity index (χ0) is 32.1. The number of nitrogen functional groups attached to an aromatic ring is 1. The molecule has 1 aliphatic carbocycles. The second-order valence-corrected chi connectivity index (χ2v) is 13.6. The number of likely N-dealkylation sites (tertiary alicyclic amines) is 1. The molecule has 9 heteroatoms. The lowest BCUT2D eigenvalue weighted by molar-refractivity contribution is -0.122. The first-order chi connectivity index (χ1) is 22.9. The van der Waals surface area contributed by atoms with E-state index >= 15 is 0 Å². The molecule has 3 fully saturated rings. The molecule has 3 aromatic heterocycles. The summed E-state index contributed by atoms with van der Waals surface area (Å²) in [5.74, 6) is 1.44. The number of nitrogens with zero attached hydrogens (tertiary/aromatic N) is 6. The summed E-state index contributed by atoms with van der Waals surface area (Å²) in [6.07, 6.45) is 9.16. The monoisotopic (exact) mass is 626 g/mol. The molecule has 0 spiro atoms. The molecule has 2 saturated heterocycles. The number of nitrogens with two attached hydrogens (primary N) is 2. The van der Waals surface area contributed by atoms with Crippen LogP contribution in [0.3, 0.4) is 0 Å². The van der Waals surface area contributed by atoms with Gasteiger partial charge in [0.1, 0.15) is 17.1 Å². The van der Waals surface area contributed by atoms with E-state index in [0.29, 0.717) is 23.5 Å². The van der Waals surface area contributed by atoms with E-state index in [1.807, 2.05) is 18.2 Å². The number of fused-ring (bicyclic) bond motifs is 1. The SMILES string of the molecule is CC(=O)[C@H]1CCCN1C1CCN(c2cccc(-c3ccc4nc(-c5cccnc5N)n(-c5ccc(C6(N)CCC6)cc5)c4n3)c2)CC1. The lowest BCUT2D eigenvalue weighted by Gasteiger charge is -2.39. The number of imidazole rings is 1. The molecule has 4 N–H and O–H groups in total. The fourth-order valence-electron chi connectivity index (χ4n) is 7.92. The number of benzene rings is 2. The van der Waals surface area contributed by atoms with Crippen LogP contribution in [0, 0.1) is 0 Å². The largest absolute Gasteiger partial charge is 0.383 e. The summed E-state index contributed by atoms with van der Waals surface area (Å²) < 4.78 is 2.08. The Kier molecular flexibility index (Phi) is 7.53. The number of ketones is 1. The molecule has 0 bridgehead atoms. The van der Waals surface area contributed by atoms with Crippen molar-refractivity contribution in [1.82, 2.24) is 24.4 Å². The quantitative estimate of drug-likeness (QED) is 0.223. The van der Waals surface area contributed by atoms with Crippen molar-refractivity contribution in [2.45, 2.75) is 69.5 Å². The molecule has 2 aliphatic heterocycles. The minimum Gasteiger partial charge on any atom is -0.383 e. The number of rotatable bonds is 7. The zero-order valence-corrected chi connectivity index (χ0v) is 27.0. The normalized spacial score (nSPS) is 20.0. The summed E-state index contributed by atoms with van der Waals surface area (Å²) in [5, 5.41) is 0. The van der Waals surface area contributed by atoms with Crippen LogP contribution in [0.5, 0.6) is 0 Å². The number of anilines is 2. The summed E-state index contributed by atoms with van der Waals surface area (Å²) in [7, 11) is 0. The molecule has 1 saturated carbocycles. The molecular weight excluding hydrogens is 584 g/mol. The smallest absolute Gasteiger partial charge is 0.165 e. The van der Waals surface area contributed by atoms with Crippen LogP contribution >= 0.6 is 0 Å². The van der Waals surface area contributed by atoms with Gasteiger partial charge in [-0.3, -0.25) is 14.3 Å². The number of carbonyl (C=O) groups is 1. The van der Waals surface area contributed by atoms with Crippen molar-refractivity contribution in [2.24, 2.45) is 5.73 Å². The van der Waals surface area contributed by atoms with Crippen LogP contribution in [0.2, 0.25) is 0 Å². The zero-order valence-electron chi connectivity index (χ0n) is 27.0. The molecule has 240 valence electrons. The Morgan fingerprint density at radius 3 is 2.40 bits per heavy atom. The van der Waals surface area contributed by atoms with Gasteiger partial charge in [0, 0.05) is 47.8 Å². The van der Waals surface area contributed by atoms with Crippen molar-refractivity contribution in [1.29, 1.82) is 0 Å². The highest BCUT2D eigenvalue weighted by Crippen LogP contribution is 2.39. The summed E-state index contributed by atoms with van der Waals surface area (Å²) >= 11 is 0. The first kappa shape index (κ1) is 29.8. The standard InChI is InChI=1S/C38H42N8O/c1-25(47)34-9-4-21-45(34)28-16-22-44(23-17-28)30-7-2-6-26(24-30)32-14-15-33-37(42-32)46(36(43-33)31-8-3-20-41-35(31)39)29-12-10-27(11-13-29)38(40)18-5-19-38/h2-3,6-8,10-15,20,24,28,34H,4-5,9,16-19,21-23,40H2,1H3,(H2,39,41)/t34-/m1/s1. The molecule has 0 amide bonds. The van der Waals surface area contributed by atoms with E-state index in [1.54, 1.807) is 13.1 Å². The molecule has 0 radical (unpaired) electrons. The van der Waals surface area contributed by atoms with Crippen LogP contribution in [0.15, 0.2) is 79.0 Å². The summed E-state index contributed by atoms with van der Waals surface area (Å²) in [5.41, 5.74) is 20.4. The Labute approximate surface area is 275 Å². The highest BCUT2D eigenvalue weighted by atomic mass is 16.1. The number of hydrogen-bond donors (Lipinski definition) is 2. The second kappa shape index (κ2) is 11.9. The fraction of sp³-hybridized carbons (Fsp3) is 0.368. The maximum Gasteiger partial charge on any atom is 0.165 e. The molecule has 5 heterocycles. The van der Waals surface area contributed by atoms with Gasteiger partial charge in [0.2, 0.25) is 0 Å². The maximum absolute atomic E-state index is 12.2. The molecule has 8 rings (SSSR count). The van der Waals surface area contributed by atoms with Crippen LogP contribution in [0.4, 0.5) is 11.5 Å². The first-order valence-electron chi connectivity index (χ1n) is 17.0. The van der Waals surface area contributed by atoms with E-state index < -0.39 is 0 Å². The third kappa shape index (κ3) is 5.37. The third-order valence-electron chi connectivity index (χ3n) is 10.7. The van der Waals surface area contributed by atoms with Crippen molar-refractivity contribution in [3.63, 3.8) is 0 Å². The lowest BCUT2D eigenvalue weighted by atomic mass is 9.73. The van der Waals surface area contributed by atoms with E-state index in [4.69, 9.17) is 21.4 Å². The number of aromatic nitrogens is 4. The Morgan fingerprint density at radius 1 is 0.872 bits per heavy atom. The predicted molar refractivity (Wildman–Crippen MR) is 187 cm³/mol. The van der Waals surface area contributed by atoms with Crippen LogP contribution in [-0.2, 0) is 10.3 Å². The van der Waals surface area contributed by atoms with E-state index in [9.17, 15) is 4.79 Å². The van der Waals surface area contributed by atoms with Gasteiger partial charge in [0.15, 0.2) is 11.5 Å². The van der Waals surface area contributed by atoms with Gasteiger partial charge in [-0.05, 0) is 113 Å². The minimum atomic E-state index is -0.233. The Morgan fingerprint density at radius 2 is 1.68 bits per heavy atom. The summed E-state index contributed by atoms with van der Waals surface area (Å²) in [6.45, 7) is 4.75. The van der Waals surface area contributed by atoms with Gasteiger partial charge >= 0.3 is 0 Å². The van der Waals surface area contributed by atoms with E-state index in [2.05, 4.69) is 73.9 Å². The van der Waals surface area contributed by atoms with Gasteiger partial charge < -0.3 is 16.4 Å². The van der Waals surface area contributed by atoms with Gasteiger partial charge in [0.05, 0.1) is 17.3 Å². The third-order valence-corrected chi connectivity index (χ3v) is 10.7. The maximum atomic E-state index is 12.2. The lowest BCUT2D eigenvalue weighted by Crippen LogP contribution is -2.48. The average molecular weight is 627 g/mol. The number of hydrogen-bond acceptors (Lipinski definition) is 8. The van der Waals surface area contributed by atoms with Gasteiger partial charge in [-0.1, -0.05) is 24.3 Å². The number of carbonyl (C=O) groups excluding carboxylic acids is 1. The molecule has 9 nitrogen and oxygen atoms in total. The van der Waals surface area contributed by atoms with Gasteiger partial charge in [0.25, 0.3) is 0 Å². The average Bonchev–Trinajstić information content (AvgIpc) is 3.73. The number of Topliss-reactive ketones (excluding diaryl/α,β-unsaturated/α-hetero) is 1. The van der Waals surface area contributed by atoms with E-state index in [-0.39, 0.29) is 11.6 Å². The van der Waals surface area contributed by atoms with Crippen molar-refractivity contribution in [3.05, 3.63) is 84.6 Å². The second-order valence-electron chi connectivity index (χ2n) is 13.6. The number of piperidine rings is 1.